The first-order chi connectivity index (χ1) is 17.8. The molecule has 2 heterocycles. The molecule has 0 radical (unpaired) electrons. The molecule has 0 saturated carbocycles. The topological polar surface area (TPSA) is 87.5 Å². The van der Waals surface area contributed by atoms with Gasteiger partial charge in [-0.15, -0.1) is 5.10 Å². The zero-order valence-electron chi connectivity index (χ0n) is 20.6. The number of halogens is 3. The summed E-state index contributed by atoms with van der Waals surface area (Å²) >= 11 is 17.3. The Hall–Kier alpha value is -2.40. The number of hydrogen-bond acceptors (Lipinski definition) is 8. The first-order valence-electron chi connectivity index (χ1n) is 11.4. The number of thioether (sulfide) groups is 1. The molecule has 4 rings (SSSR count). The number of hydrogen-bond donors (Lipinski definition) is 1. The van der Waals surface area contributed by atoms with E-state index in [4.69, 9.17) is 42.5 Å². The summed E-state index contributed by atoms with van der Waals surface area (Å²) in [7, 11) is 2.91. The zero-order chi connectivity index (χ0) is 26.7. The van der Waals surface area contributed by atoms with E-state index in [-0.39, 0.29) is 6.61 Å². The fourth-order valence-electron chi connectivity index (χ4n) is 3.89. The van der Waals surface area contributed by atoms with Gasteiger partial charge in [0.25, 0.3) is 0 Å². The quantitative estimate of drug-likeness (QED) is 0.202. The molecule has 1 unspecified atom stereocenters. The molecule has 1 aliphatic heterocycles. The third-order valence-electron chi connectivity index (χ3n) is 5.61. The van der Waals surface area contributed by atoms with Crippen LogP contribution in [0.5, 0.6) is 11.5 Å². The number of fused-ring (bicyclic) bond motifs is 1. The number of carbonyl (C=O) groups is 1. The highest BCUT2D eigenvalue weighted by Gasteiger charge is 2.36. The lowest BCUT2D eigenvalue weighted by molar-refractivity contribution is -0.136. The van der Waals surface area contributed by atoms with Crippen LogP contribution in [0.1, 0.15) is 37.4 Å². The van der Waals surface area contributed by atoms with Gasteiger partial charge in [-0.1, -0.05) is 48.0 Å². The smallest absolute Gasteiger partial charge is 0.338 e. The fraction of sp³-hybridized carbons (Fsp3) is 0.320. The third-order valence-corrected chi connectivity index (χ3v) is 7.98. The fourth-order valence-corrected chi connectivity index (χ4v) is 5.47. The SMILES string of the molecule is CCCSc1nc2n(n1)C(c1cc(Br)c(OCc3ccc(Cl)c(Cl)c3)c(OC)c1)C(C(=O)OC)=C(C)N2. The molecule has 12 heteroatoms. The first-order valence-corrected chi connectivity index (χ1v) is 13.9. The van der Waals surface area contributed by atoms with Crippen molar-refractivity contribution in [3.05, 3.63) is 67.2 Å². The van der Waals surface area contributed by atoms with Crippen LogP contribution in [-0.4, -0.2) is 40.7 Å². The highest BCUT2D eigenvalue weighted by molar-refractivity contribution is 9.10. The summed E-state index contributed by atoms with van der Waals surface area (Å²) in [6.07, 6.45) is 0.990. The molecule has 0 aliphatic carbocycles. The minimum absolute atomic E-state index is 0.246. The van der Waals surface area contributed by atoms with E-state index < -0.39 is 12.0 Å². The lowest BCUT2D eigenvalue weighted by atomic mass is 9.95. The average molecular weight is 628 g/mol. The highest BCUT2D eigenvalue weighted by Crippen LogP contribution is 2.43. The van der Waals surface area contributed by atoms with Gasteiger partial charge in [0.05, 0.1) is 34.3 Å². The minimum atomic E-state index is -0.596. The number of anilines is 1. The van der Waals surface area contributed by atoms with E-state index in [0.717, 1.165) is 23.3 Å². The maximum Gasteiger partial charge on any atom is 0.338 e. The standard InChI is InChI=1S/C25H25BrCl2N4O4S/c1-5-8-37-25-30-24-29-13(2)20(23(33)35-4)21(32(24)31-25)15-10-16(26)22(19(11-15)34-3)36-12-14-6-7-17(27)18(28)9-14/h6-7,9-11,21H,5,8,12H2,1-4H3,(H,29,30,31). The zero-order valence-corrected chi connectivity index (χ0v) is 24.5. The van der Waals surface area contributed by atoms with Gasteiger partial charge in [0.1, 0.15) is 12.6 Å². The number of benzene rings is 2. The number of aromatic nitrogens is 3. The van der Waals surface area contributed by atoms with Crippen molar-refractivity contribution < 1.29 is 19.0 Å². The van der Waals surface area contributed by atoms with Crippen LogP contribution in [0.4, 0.5) is 5.95 Å². The number of esters is 1. The van der Waals surface area contributed by atoms with Gasteiger partial charge in [-0.05, 0) is 64.7 Å². The molecule has 1 N–H and O–H groups in total. The van der Waals surface area contributed by atoms with Crippen LogP contribution in [0.25, 0.3) is 0 Å². The van der Waals surface area contributed by atoms with Gasteiger partial charge in [-0.25, -0.2) is 9.48 Å². The molecular formula is C25H25BrCl2N4O4S. The molecule has 0 amide bonds. The Balaban J connectivity index is 1.74. The molecule has 1 atom stereocenters. The molecular weight excluding hydrogens is 603 g/mol. The Morgan fingerprint density at radius 3 is 2.68 bits per heavy atom. The summed E-state index contributed by atoms with van der Waals surface area (Å²) in [5.41, 5.74) is 2.65. The lowest BCUT2D eigenvalue weighted by Gasteiger charge is -2.28. The Morgan fingerprint density at radius 1 is 1.22 bits per heavy atom. The number of nitrogens with one attached hydrogen (secondary N) is 1. The van der Waals surface area contributed by atoms with Crippen molar-refractivity contribution in [1.82, 2.24) is 14.8 Å². The predicted molar refractivity (Wildman–Crippen MR) is 149 cm³/mol. The number of carbonyl (C=O) groups excluding carboxylic acids is 1. The van der Waals surface area contributed by atoms with Crippen molar-refractivity contribution in [3.8, 4) is 11.5 Å². The second kappa shape index (κ2) is 12.0. The van der Waals surface area contributed by atoms with Crippen LogP contribution in [0.2, 0.25) is 10.0 Å². The molecule has 1 aromatic heterocycles. The molecule has 1 aliphatic rings. The molecule has 0 spiro atoms. The van der Waals surface area contributed by atoms with E-state index in [0.29, 0.717) is 48.4 Å². The number of ether oxygens (including phenoxy) is 3. The molecule has 0 bridgehead atoms. The van der Waals surface area contributed by atoms with E-state index in [1.54, 1.807) is 35.7 Å². The van der Waals surface area contributed by atoms with E-state index in [9.17, 15) is 4.79 Å². The average Bonchev–Trinajstić information content (AvgIpc) is 3.29. The van der Waals surface area contributed by atoms with Crippen molar-refractivity contribution in [2.24, 2.45) is 0 Å². The van der Waals surface area contributed by atoms with Crippen LogP contribution in [0.3, 0.4) is 0 Å². The van der Waals surface area contributed by atoms with Crippen molar-refractivity contribution in [1.29, 1.82) is 0 Å². The van der Waals surface area contributed by atoms with Crippen molar-refractivity contribution in [2.75, 3.05) is 25.3 Å². The Kier molecular flexibility index (Phi) is 8.94. The summed E-state index contributed by atoms with van der Waals surface area (Å²) < 4.78 is 19.2. The van der Waals surface area contributed by atoms with Crippen molar-refractivity contribution in [2.45, 2.75) is 38.1 Å². The first kappa shape index (κ1) is 27.6. The molecule has 196 valence electrons. The van der Waals surface area contributed by atoms with Crippen molar-refractivity contribution in [3.63, 3.8) is 0 Å². The van der Waals surface area contributed by atoms with Gasteiger partial charge in [0.15, 0.2) is 11.5 Å². The van der Waals surface area contributed by atoms with Gasteiger partial charge >= 0.3 is 5.97 Å². The predicted octanol–water partition coefficient (Wildman–Crippen LogP) is 6.90. The molecule has 37 heavy (non-hydrogen) atoms. The number of rotatable bonds is 9. The summed E-state index contributed by atoms with van der Waals surface area (Å²) in [5.74, 6) is 1.95. The van der Waals surface area contributed by atoms with Gasteiger partial charge < -0.3 is 19.5 Å². The largest absolute Gasteiger partial charge is 0.493 e. The maximum absolute atomic E-state index is 12.9. The summed E-state index contributed by atoms with van der Waals surface area (Å²) in [6, 6.07) is 8.43. The van der Waals surface area contributed by atoms with Gasteiger partial charge in [0.2, 0.25) is 11.1 Å². The molecule has 2 aromatic carbocycles. The molecule has 8 nitrogen and oxygen atoms in total. The number of nitrogens with zero attached hydrogens (tertiary/aromatic N) is 3. The Bertz CT molecular complexity index is 1360. The van der Waals surface area contributed by atoms with Crippen molar-refractivity contribution >= 4 is 62.8 Å². The van der Waals surface area contributed by atoms with E-state index >= 15 is 0 Å². The van der Waals surface area contributed by atoms with Crippen LogP contribution < -0.4 is 14.8 Å². The summed E-state index contributed by atoms with van der Waals surface area (Å²) in [4.78, 5) is 17.5. The number of allylic oxidation sites excluding steroid dienone is 1. The maximum atomic E-state index is 12.9. The monoisotopic (exact) mass is 626 g/mol. The van der Waals surface area contributed by atoms with Crippen LogP contribution >= 0.6 is 50.9 Å². The van der Waals surface area contributed by atoms with E-state index in [2.05, 4.69) is 33.2 Å². The molecule has 3 aromatic rings. The third kappa shape index (κ3) is 5.87. The molecule has 0 fully saturated rings. The van der Waals surface area contributed by atoms with Gasteiger partial charge in [0, 0.05) is 11.4 Å². The van der Waals surface area contributed by atoms with Crippen LogP contribution in [-0.2, 0) is 16.1 Å². The summed E-state index contributed by atoms with van der Waals surface area (Å²) in [6.45, 7) is 4.16. The van der Waals surface area contributed by atoms with Gasteiger partial charge in [-0.2, -0.15) is 4.98 Å². The van der Waals surface area contributed by atoms with E-state index in [1.165, 1.54) is 7.11 Å². The second-order valence-electron chi connectivity index (χ2n) is 8.14. The second-order valence-corrected chi connectivity index (χ2v) is 10.9. The normalized spacial score (nSPS) is 14.7. The van der Waals surface area contributed by atoms with Gasteiger partial charge in [-0.3, -0.25) is 0 Å². The molecule has 0 saturated heterocycles. The Morgan fingerprint density at radius 2 is 2.00 bits per heavy atom. The lowest BCUT2D eigenvalue weighted by Crippen LogP contribution is -2.29. The Labute approximate surface area is 237 Å². The summed E-state index contributed by atoms with van der Waals surface area (Å²) in [5, 5.41) is 9.44. The number of methoxy groups -OCH3 is 2. The highest BCUT2D eigenvalue weighted by atomic mass is 79.9. The van der Waals surface area contributed by atoms with E-state index in [1.807, 2.05) is 25.1 Å². The van der Waals surface area contributed by atoms with Crippen LogP contribution in [0.15, 0.2) is 51.2 Å². The minimum Gasteiger partial charge on any atom is -0.493 e. The van der Waals surface area contributed by atoms with Crippen LogP contribution in [0, 0.1) is 0 Å².